The van der Waals surface area contributed by atoms with Gasteiger partial charge in [-0.3, -0.25) is 0 Å². The topological polar surface area (TPSA) is 156 Å². The molecular weight excluding hydrogens is 244 g/mol. The lowest BCUT2D eigenvalue weighted by Gasteiger charge is -1.95. The molecule has 0 atom stereocenters. The van der Waals surface area contributed by atoms with Gasteiger partial charge < -0.3 is 10.2 Å². The minimum atomic E-state index is -1.13. The van der Waals surface area contributed by atoms with Crippen molar-refractivity contribution in [3.8, 4) is 0 Å². The summed E-state index contributed by atoms with van der Waals surface area (Å²) in [6.45, 7) is 0. The Morgan fingerprint density at radius 2 is 1.22 bits per heavy atom. The molecule has 0 saturated heterocycles. The highest BCUT2D eigenvalue weighted by atomic mass is 16.4. The lowest BCUT2D eigenvalue weighted by molar-refractivity contribution is 0.0696. The van der Waals surface area contributed by atoms with Crippen molar-refractivity contribution in [2.75, 3.05) is 0 Å². The molecule has 0 amide bonds. The summed E-state index contributed by atoms with van der Waals surface area (Å²) < 4.78 is 0. The Bertz CT molecular complexity index is 444. The van der Waals surface area contributed by atoms with Crippen molar-refractivity contribution < 1.29 is 29.4 Å². The second kappa shape index (κ2) is 10.4. The third-order valence-electron chi connectivity index (χ3n) is 1.36. The number of carboxylic acids is 2. The first kappa shape index (κ1) is 17.3. The van der Waals surface area contributed by atoms with Crippen LogP contribution in [0.25, 0.3) is 0 Å². The lowest BCUT2D eigenvalue weighted by Crippen LogP contribution is -2.01. The van der Waals surface area contributed by atoms with E-state index in [2.05, 4.69) is 0 Å². The maximum Gasteiger partial charge on any atom is 0.335 e. The third-order valence-corrected chi connectivity index (χ3v) is 1.36. The Balaban J connectivity index is 0. The summed E-state index contributed by atoms with van der Waals surface area (Å²) in [5, 5.41) is 27.8. The van der Waals surface area contributed by atoms with Gasteiger partial charge in [0.15, 0.2) is 0 Å². The van der Waals surface area contributed by atoms with Gasteiger partial charge in [-0.25, -0.2) is 30.0 Å². The highest BCUT2D eigenvalue weighted by molar-refractivity contribution is 5.93. The molecule has 0 heterocycles. The van der Waals surface area contributed by atoms with Crippen molar-refractivity contribution in [3.05, 3.63) is 35.4 Å². The second-order valence-corrected chi connectivity index (χ2v) is 2.40. The fourth-order valence-electron chi connectivity index (χ4n) is 0.785. The maximum atomic E-state index is 10.4. The number of carboxylic acid groups (broad SMARTS) is 2. The van der Waals surface area contributed by atoms with Crippen LogP contribution in [0.15, 0.2) is 24.3 Å². The number of hydrogen-bond donors (Lipinski definition) is 4. The Labute approximate surface area is 101 Å². The molecule has 4 N–H and O–H groups in total. The molecule has 0 saturated carbocycles. The molecule has 0 unspecified atom stereocenters. The zero-order valence-electron chi connectivity index (χ0n) is 8.84. The molecule has 1 rings (SSSR count). The molecule has 0 radical (unpaired) electrons. The molecule has 1 aromatic rings. The van der Waals surface area contributed by atoms with Gasteiger partial charge in [0, 0.05) is 0 Å². The third kappa shape index (κ3) is 8.25. The van der Waals surface area contributed by atoms with E-state index in [1.807, 2.05) is 0 Å². The molecule has 0 spiro atoms. The van der Waals surface area contributed by atoms with E-state index in [1.165, 1.54) is 18.2 Å². The zero-order chi connectivity index (χ0) is 14.6. The summed E-state index contributed by atoms with van der Waals surface area (Å²) >= 11 is 0. The van der Waals surface area contributed by atoms with Crippen LogP contribution in [-0.2, 0) is 9.59 Å². The van der Waals surface area contributed by atoms with Gasteiger partial charge in [-0.15, -0.1) is 0 Å². The number of carbonyl (C=O) groups is 2. The second-order valence-electron chi connectivity index (χ2n) is 2.40. The average molecular weight is 252 g/mol. The van der Waals surface area contributed by atoms with Crippen LogP contribution in [-0.4, -0.2) is 34.3 Å². The first-order chi connectivity index (χ1) is 8.44. The van der Waals surface area contributed by atoms with Crippen molar-refractivity contribution >= 4 is 24.1 Å². The molecule has 8 nitrogen and oxygen atoms in total. The SMILES string of the molecule is N=C=O.N=C=O.O=C(O)c1cccc(C(=O)O)c1. The van der Waals surface area contributed by atoms with Crippen LogP contribution in [0, 0.1) is 10.8 Å². The van der Waals surface area contributed by atoms with Crippen LogP contribution in [0.3, 0.4) is 0 Å². The smallest absolute Gasteiger partial charge is 0.335 e. The van der Waals surface area contributed by atoms with Gasteiger partial charge in [0.2, 0.25) is 12.2 Å². The Morgan fingerprint density at radius 3 is 1.44 bits per heavy atom. The van der Waals surface area contributed by atoms with Gasteiger partial charge in [0.05, 0.1) is 11.1 Å². The fourth-order valence-corrected chi connectivity index (χ4v) is 0.785. The van der Waals surface area contributed by atoms with E-state index in [0.717, 1.165) is 18.2 Å². The molecule has 1 aromatic carbocycles. The van der Waals surface area contributed by atoms with Crippen LogP contribution in [0.2, 0.25) is 0 Å². The number of benzene rings is 1. The number of carbonyl (C=O) groups excluding carboxylic acids is 2. The zero-order valence-corrected chi connectivity index (χ0v) is 8.84. The highest BCUT2D eigenvalue weighted by Gasteiger charge is 2.06. The summed E-state index contributed by atoms with van der Waals surface area (Å²) in [5.41, 5.74) is -0.0372. The van der Waals surface area contributed by atoms with E-state index in [9.17, 15) is 9.59 Å². The number of rotatable bonds is 2. The van der Waals surface area contributed by atoms with E-state index in [0.29, 0.717) is 0 Å². The molecule has 0 aliphatic rings. The van der Waals surface area contributed by atoms with Gasteiger partial charge in [0.1, 0.15) is 0 Å². The van der Waals surface area contributed by atoms with Crippen LogP contribution < -0.4 is 0 Å². The minimum Gasteiger partial charge on any atom is -0.478 e. The normalized spacial score (nSPS) is 7.11. The number of nitrogens with one attached hydrogen (secondary N) is 2. The summed E-state index contributed by atoms with van der Waals surface area (Å²) in [6.07, 6.45) is 1.50. The molecule has 0 aliphatic heterocycles. The average Bonchev–Trinajstić information content (AvgIpc) is 2.31. The maximum absolute atomic E-state index is 10.4. The van der Waals surface area contributed by atoms with E-state index in [-0.39, 0.29) is 11.1 Å². The molecular formula is C10H8N2O6. The first-order valence-corrected chi connectivity index (χ1v) is 4.09. The summed E-state index contributed by atoms with van der Waals surface area (Å²) in [6, 6.07) is 5.20. The lowest BCUT2D eigenvalue weighted by atomic mass is 10.1. The summed E-state index contributed by atoms with van der Waals surface area (Å²) in [4.78, 5) is 37.5. The van der Waals surface area contributed by atoms with Crippen LogP contribution in [0.1, 0.15) is 20.7 Å². The number of aromatic carboxylic acids is 2. The molecule has 0 bridgehead atoms. The predicted octanol–water partition coefficient (Wildman–Crippen LogP) is 0.885. The largest absolute Gasteiger partial charge is 0.478 e. The van der Waals surface area contributed by atoms with E-state index in [4.69, 9.17) is 30.6 Å². The monoisotopic (exact) mass is 252 g/mol. The molecule has 94 valence electrons. The van der Waals surface area contributed by atoms with Gasteiger partial charge in [-0.2, -0.15) is 0 Å². The molecule has 0 aliphatic carbocycles. The number of hydrogen-bond acceptors (Lipinski definition) is 6. The summed E-state index contributed by atoms with van der Waals surface area (Å²) in [7, 11) is 0. The van der Waals surface area contributed by atoms with Gasteiger partial charge in [-0.05, 0) is 18.2 Å². The summed E-state index contributed by atoms with van der Waals surface area (Å²) in [5.74, 6) is -2.25. The van der Waals surface area contributed by atoms with Crippen LogP contribution >= 0.6 is 0 Å². The Hall–Kier alpha value is -3.08. The molecule has 0 aromatic heterocycles. The van der Waals surface area contributed by atoms with Gasteiger partial charge >= 0.3 is 11.9 Å². The van der Waals surface area contributed by atoms with Gasteiger partial charge in [-0.1, -0.05) is 6.07 Å². The quantitative estimate of drug-likeness (QED) is 0.452. The van der Waals surface area contributed by atoms with Crippen molar-refractivity contribution in [2.24, 2.45) is 0 Å². The van der Waals surface area contributed by atoms with Crippen molar-refractivity contribution in [1.29, 1.82) is 10.8 Å². The van der Waals surface area contributed by atoms with Gasteiger partial charge in [0.25, 0.3) is 0 Å². The fraction of sp³-hybridized carbons (Fsp3) is 0. The highest BCUT2D eigenvalue weighted by Crippen LogP contribution is 2.04. The Kier molecular flexibility index (Phi) is 10.0. The van der Waals surface area contributed by atoms with Crippen molar-refractivity contribution in [2.45, 2.75) is 0 Å². The predicted molar refractivity (Wildman–Crippen MR) is 57.2 cm³/mol. The Morgan fingerprint density at radius 1 is 0.944 bits per heavy atom. The van der Waals surface area contributed by atoms with E-state index >= 15 is 0 Å². The molecule has 0 fully saturated rings. The molecule has 8 heteroatoms. The standard InChI is InChI=1S/C8H6O4.2CHNO/c9-7(10)5-2-1-3-6(4-5)8(11)12;2*2-1-3/h1-4H,(H,9,10)(H,11,12);2*2H. The van der Waals surface area contributed by atoms with E-state index in [1.54, 1.807) is 0 Å². The minimum absolute atomic E-state index is 0.0186. The van der Waals surface area contributed by atoms with Crippen molar-refractivity contribution in [3.63, 3.8) is 0 Å². The molecule has 18 heavy (non-hydrogen) atoms. The number of isocyanates is 2. The van der Waals surface area contributed by atoms with Crippen molar-refractivity contribution in [1.82, 2.24) is 0 Å². The first-order valence-electron chi connectivity index (χ1n) is 4.09. The van der Waals surface area contributed by atoms with Crippen LogP contribution in [0.4, 0.5) is 0 Å². The van der Waals surface area contributed by atoms with E-state index < -0.39 is 11.9 Å². The van der Waals surface area contributed by atoms with Crippen LogP contribution in [0.5, 0.6) is 0 Å².